The Balaban J connectivity index is 1.48. The van der Waals surface area contributed by atoms with E-state index in [0.717, 1.165) is 37.7 Å². The summed E-state index contributed by atoms with van der Waals surface area (Å²) in [4.78, 5) is 27.1. The Morgan fingerprint density at radius 3 is 2.59 bits per heavy atom. The van der Waals surface area contributed by atoms with Crippen LogP contribution in [0.1, 0.15) is 48.2 Å². The highest BCUT2D eigenvalue weighted by molar-refractivity contribution is 5.97. The van der Waals surface area contributed by atoms with E-state index >= 15 is 0 Å². The number of amides is 2. The third kappa shape index (κ3) is 6.33. The second kappa shape index (κ2) is 12.6. The lowest BCUT2D eigenvalue weighted by Gasteiger charge is -2.30. The van der Waals surface area contributed by atoms with Gasteiger partial charge in [0.1, 0.15) is 23.2 Å². The van der Waals surface area contributed by atoms with Gasteiger partial charge in [-0.05, 0) is 66.1 Å². The molecular weight excluding hydrogens is 523 g/mol. The summed E-state index contributed by atoms with van der Waals surface area (Å²) < 4.78 is 20.5. The van der Waals surface area contributed by atoms with Crippen LogP contribution in [0.5, 0.6) is 11.5 Å². The molecule has 0 aliphatic heterocycles. The molecule has 0 radical (unpaired) electrons. The normalized spacial score (nSPS) is 15.6. The van der Waals surface area contributed by atoms with Crippen molar-refractivity contribution in [3.05, 3.63) is 95.3 Å². The molecule has 210 valence electrons. The first kappa shape index (κ1) is 27.7. The second-order valence-electron chi connectivity index (χ2n) is 10.1. The number of hydrogen-bond donors (Lipinski definition) is 3. The van der Waals surface area contributed by atoms with Crippen LogP contribution in [0.4, 0.5) is 4.39 Å². The number of halogens is 1. The molecule has 3 N–H and O–H groups in total. The number of nitrogens with one attached hydrogen (secondary N) is 2. The third-order valence-electron chi connectivity index (χ3n) is 7.35. The van der Waals surface area contributed by atoms with E-state index in [0.29, 0.717) is 29.2 Å². The van der Waals surface area contributed by atoms with Crippen molar-refractivity contribution in [3.63, 3.8) is 0 Å². The largest absolute Gasteiger partial charge is 0.507 e. The zero-order valence-corrected chi connectivity index (χ0v) is 22.7. The summed E-state index contributed by atoms with van der Waals surface area (Å²) in [5.41, 5.74) is 6.97. The van der Waals surface area contributed by atoms with E-state index in [4.69, 9.17) is 4.74 Å². The highest BCUT2D eigenvalue weighted by Crippen LogP contribution is 2.39. The van der Waals surface area contributed by atoms with Crippen molar-refractivity contribution in [2.45, 2.75) is 44.7 Å². The number of benzene rings is 2. The number of methoxy groups -OCH3 is 1. The smallest absolute Gasteiger partial charge is 0.272 e. The zero-order chi connectivity index (χ0) is 28.8. The van der Waals surface area contributed by atoms with E-state index < -0.39 is 17.8 Å². The van der Waals surface area contributed by atoms with Crippen molar-refractivity contribution >= 4 is 17.5 Å². The summed E-state index contributed by atoms with van der Waals surface area (Å²) in [7, 11) is 1.47. The number of nitrogens with zero attached hydrogens (tertiary/aromatic N) is 2. The van der Waals surface area contributed by atoms with Crippen molar-refractivity contribution in [2.24, 2.45) is 5.92 Å². The second-order valence-corrected chi connectivity index (χ2v) is 10.1. The molecule has 0 spiro atoms. The molecule has 1 aromatic heterocycles. The molecule has 41 heavy (non-hydrogen) atoms. The number of phenols is 1. The first-order valence-electron chi connectivity index (χ1n) is 13.6. The van der Waals surface area contributed by atoms with Gasteiger partial charge in [-0.2, -0.15) is 9.49 Å². The van der Waals surface area contributed by atoms with Crippen molar-refractivity contribution in [1.82, 2.24) is 20.4 Å². The Morgan fingerprint density at radius 1 is 1.10 bits per heavy atom. The first-order valence-corrected chi connectivity index (χ1v) is 13.6. The van der Waals surface area contributed by atoms with Crippen LogP contribution >= 0.6 is 0 Å². The van der Waals surface area contributed by atoms with E-state index in [2.05, 4.69) is 27.2 Å². The van der Waals surface area contributed by atoms with E-state index in [-0.39, 0.29) is 23.3 Å². The predicted molar refractivity (Wildman–Crippen MR) is 152 cm³/mol. The standard InChI is InChI=1S/C32H31FN4O4/c1-41-28-14-8-13-27(38)29(28)26-19-25(36-37(26)24-17-15-23(33)16-18-24)31(39)35-30(22-11-6-3-7-12-22)32(40)34-20-21-9-4-2-5-10-21/h2,4-5,8-10,13-15,17,19,22,30,38H,3,6-7,11-12,20H2,1H3,(H,34,40)(H,35,39). The lowest BCUT2D eigenvalue weighted by atomic mass is 9.83. The Hall–Kier alpha value is -4.84. The van der Waals surface area contributed by atoms with Gasteiger partial charge in [-0.1, -0.05) is 55.7 Å². The number of aromatic nitrogens is 2. The third-order valence-corrected chi connectivity index (χ3v) is 7.35. The summed E-state index contributed by atoms with van der Waals surface area (Å²) in [6.07, 6.45) is 7.40. The molecule has 8 nitrogen and oxygen atoms in total. The highest BCUT2D eigenvalue weighted by Gasteiger charge is 2.32. The summed E-state index contributed by atoms with van der Waals surface area (Å²) in [5, 5.41) is 21.1. The fourth-order valence-electron chi connectivity index (χ4n) is 5.26. The molecule has 0 bridgehead atoms. The minimum atomic E-state index is -0.745. The van der Waals surface area contributed by atoms with Crippen LogP contribution in [0.25, 0.3) is 17.0 Å². The minimum absolute atomic E-state index is 0.0108. The number of allylic oxidation sites excluding steroid dienone is 4. The maximum atomic E-state index is 13.7. The van der Waals surface area contributed by atoms with Gasteiger partial charge < -0.3 is 20.5 Å². The SMILES string of the molecule is COc1cccc(O)c1-c1cc(C(=O)NC(C(=O)NCc2ccccc2)C2CCCCC2)nn1C1=C=C=C(F)C=C1. The van der Waals surface area contributed by atoms with Crippen molar-refractivity contribution in [3.8, 4) is 22.8 Å². The van der Waals surface area contributed by atoms with Crippen LogP contribution in [-0.4, -0.2) is 39.9 Å². The van der Waals surface area contributed by atoms with Crippen LogP contribution in [-0.2, 0) is 11.3 Å². The lowest BCUT2D eigenvalue weighted by molar-refractivity contribution is -0.124. The highest BCUT2D eigenvalue weighted by atomic mass is 19.1. The molecule has 1 fully saturated rings. The minimum Gasteiger partial charge on any atom is -0.507 e. The molecule has 1 heterocycles. The van der Waals surface area contributed by atoms with Gasteiger partial charge in [0, 0.05) is 6.54 Å². The van der Waals surface area contributed by atoms with Gasteiger partial charge >= 0.3 is 0 Å². The topological polar surface area (TPSA) is 105 Å². The van der Waals surface area contributed by atoms with Crippen LogP contribution in [0, 0.1) is 5.92 Å². The van der Waals surface area contributed by atoms with Crippen LogP contribution < -0.4 is 15.4 Å². The van der Waals surface area contributed by atoms with Gasteiger partial charge in [0.05, 0.1) is 18.4 Å². The summed E-state index contributed by atoms with van der Waals surface area (Å²) in [6.45, 7) is 0.349. The van der Waals surface area contributed by atoms with Gasteiger partial charge in [0.2, 0.25) is 5.91 Å². The van der Waals surface area contributed by atoms with Gasteiger partial charge in [0.15, 0.2) is 11.5 Å². The number of rotatable bonds is 9. The molecule has 2 aliphatic rings. The summed E-state index contributed by atoms with van der Waals surface area (Å²) >= 11 is 0. The first-order chi connectivity index (χ1) is 19.9. The zero-order valence-electron chi connectivity index (χ0n) is 22.7. The van der Waals surface area contributed by atoms with E-state index in [9.17, 15) is 19.1 Å². The fourth-order valence-corrected chi connectivity index (χ4v) is 5.26. The number of ether oxygens (including phenoxy) is 1. The maximum Gasteiger partial charge on any atom is 0.272 e. The maximum absolute atomic E-state index is 13.7. The molecule has 2 aromatic carbocycles. The van der Waals surface area contributed by atoms with Crippen LogP contribution in [0.3, 0.4) is 0 Å². The fraction of sp³-hybridized carbons (Fsp3) is 0.281. The molecule has 5 rings (SSSR count). The van der Waals surface area contributed by atoms with E-state index in [1.165, 1.54) is 36.1 Å². The van der Waals surface area contributed by atoms with Gasteiger partial charge in [-0.15, -0.1) is 0 Å². The molecule has 2 amide bonds. The van der Waals surface area contributed by atoms with Crippen molar-refractivity contribution in [2.75, 3.05) is 7.11 Å². The van der Waals surface area contributed by atoms with Gasteiger partial charge in [-0.3, -0.25) is 9.59 Å². The van der Waals surface area contributed by atoms with E-state index in [1.54, 1.807) is 12.1 Å². The average Bonchev–Trinajstić information content (AvgIpc) is 3.44. The molecular formula is C32H31FN4O4. The number of hydrogen-bond acceptors (Lipinski definition) is 5. The predicted octanol–water partition coefficient (Wildman–Crippen LogP) is 5.28. The van der Waals surface area contributed by atoms with E-state index in [1.807, 2.05) is 30.3 Å². The number of aromatic hydroxyl groups is 1. The summed E-state index contributed by atoms with van der Waals surface area (Å²) in [5.74, 6) is -1.15. The Morgan fingerprint density at radius 2 is 1.88 bits per heavy atom. The molecule has 3 aromatic rings. The van der Waals surface area contributed by atoms with Crippen LogP contribution in [0.2, 0.25) is 0 Å². The monoisotopic (exact) mass is 554 g/mol. The molecule has 1 saturated carbocycles. The number of carbonyl (C=O) groups is 2. The average molecular weight is 555 g/mol. The molecule has 1 unspecified atom stereocenters. The van der Waals surface area contributed by atoms with Crippen molar-refractivity contribution < 1.29 is 23.8 Å². The quantitative estimate of drug-likeness (QED) is 0.312. The molecule has 9 heteroatoms. The number of carbonyl (C=O) groups excluding carboxylic acids is 2. The molecule has 2 aliphatic carbocycles. The Labute approximate surface area is 237 Å². The number of phenolic OH excluding ortho intramolecular Hbond substituents is 1. The van der Waals surface area contributed by atoms with Crippen LogP contribution in [0.15, 0.2) is 84.0 Å². The Bertz CT molecular complexity index is 1570. The summed E-state index contributed by atoms with van der Waals surface area (Å²) in [6, 6.07) is 15.1. The Kier molecular flexibility index (Phi) is 8.49. The molecule has 1 atom stereocenters. The van der Waals surface area contributed by atoms with Crippen molar-refractivity contribution in [1.29, 1.82) is 0 Å². The lowest BCUT2D eigenvalue weighted by Crippen LogP contribution is -2.51. The van der Waals surface area contributed by atoms with Gasteiger partial charge in [0.25, 0.3) is 5.91 Å². The van der Waals surface area contributed by atoms with Gasteiger partial charge in [-0.25, -0.2) is 4.68 Å². The molecule has 0 saturated heterocycles.